The fourth-order valence-electron chi connectivity index (χ4n) is 1.41. The van der Waals surface area contributed by atoms with E-state index in [4.69, 9.17) is 0 Å². The van der Waals surface area contributed by atoms with Crippen LogP contribution >= 0.6 is 15.9 Å². The number of benzene rings is 1. The summed E-state index contributed by atoms with van der Waals surface area (Å²) in [5.41, 5.74) is 2.72. The lowest BCUT2D eigenvalue weighted by atomic mass is 10.0. The average molecular weight is 284 g/mol. The van der Waals surface area contributed by atoms with Crippen molar-refractivity contribution in [3.8, 4) is 0 Å². The Labute approximate surface area is 106 Å². The first-order valence-electron chi connectivity index (χ1n) is 5.32. The first-order chi connectivity index (χ1) is 7.37. The summed E-state index contributed by atoms with van der Waals surface area (Å²) in [6.07, 6.45) is 0. The highest BCUT2D eigenvalue weighted by Crippen LogP contribution is 2.14. The molecule has 0 atom stereocenters. The van der Waals surface area contributed by atoms with E-state index in [2.05, 4.69) is 21.2 Å². The molecule has 0 saturated heterocycles. The summed E-state index contributed by atoms with van der Waals surface area (Å²) in [6.45, 7) is 7.97. The van der Waals surface area contributed by atoms with Gasteiger partial charge in [-0.2, -0.15) is 0 Å². The Morgan fingerprint density at radius 1 is 1.38 bits per heavy atom. The molecule has 16 heavy (non-hydrogen) atoms. The zero-order chi connectivity index (χ0) is 12.3. The number of amides is 1. The summed E-state index contributed by atoms with van der Waals surface area (Å²) in [5, 5.41) is 3.74. The minimum Gasteiger partial charge on any atom is -0.346 e. The third kappa shape index (κ3) is 3.08. The molecule has 1 rings (SSSR count). The third-order valence-electron chi connectivity index (χ3n) is 2.64. The predicted molar refractivity (Wildman–Crippen MR) is 71.3 cm³/mol. The molecule has 0 aliphatic carbocycles. The highest BCUT2D eigenvalue weighted by molar-refractivity contribution is 9.09. The van der Waals surface area contributed by atoms with Crippen molar-refractivity contribution in [1.29, 1.82) is 0 Å². The molecule has 0 aromatic heterocycles. The van der Waals surface area contributed by atoms with Gasteiger partial charge in [-0.1, -0.05) is 28.1 Å². The molecule has 0 saturated carbocycles. The maximum atomic E-state index is 12.1. The van der Waals surface area contributed by atoms with Gasteiger partial charge in [-0.25, -0.2) is 0 Å². The molecule has 88 valence electrons. The van der Waals surface area contributed by atoms with Crippen LogP contribution in [0.4, 0.5) is 0 Å². The minimum atomic E-state index is -0.229. The maximum absolute atomic E-state index is 12.1. The quantitative estimate of drug-likeness (QED) is 0.848. The Balaban J connectivity index is 2.94. The van der Waals surface area contributed by atoms with Crippen molar-refractivity contribution in [2.24, 2.45) is 0 Å². The van der Waals surface area contributed by atoms with E-state index in [1.165, 1.54) is 0 Å². The molecule has 1 aromatic carbocycles. The second kappa shape index (κ2) is 5.00. The van der Waals surface area contributed by atoms with Gasteiger partial charge in [0.15, 0.2) is 0 Å². The summed E-state index contributed by atoms with van der Waals surface area (Å²) in [4.78, 5) is 12.1. The normalized spacial score (nSPS) is 11.3. The molecule has 1 amide bonds. The lowest BCUT2D eigenvalue weighted by molar-refractivity contribution is 0.0920. The van der Waals surface area contributed by atoms with Gasteiger partial charge in [0.1, 0.15) is 0 Å². The molecular formula is C13H18BrNO. The van der Waals surface area contributed by atoms with Gasteiger partial charge in [-0.3, -0.25) is 4.79 Å². The van der Waals surface area contributed by atoms with Crippen LogP contribution in [-0.2, 0) is 0 Å². The molecule has 1 aromatic rings. The van der Waals surface area contributed by atoms with Crippen molar-refractivity contribution < 1.29 is 4.79 Å². The topological polar surface area (TPSA) is 29.1 Å². The summed E-state index contributed by atoms with van der Waals surface area (Å²) >= 11 is 3.39. The van der Waals surface area contributed by atoms with E-state index >= 15 is 0 Å². The maximum Gasteiger partial charge on any atom is 0.251 e. The summed E-state index contributed by atoms with van der Waals surface area (Å²) in [7, 11) is 0. The largest absolute Gasteiger partial charge is 0.346 e. The summed E-state index contributed by atoms with van der Waals surface area (Å²) in [5.74, 6) is -0.00866. The van der Waals surface area contributed by atoms with Gasteiger partial charge >= 0.3 is 0 Å². The average Bonchev–Trinajstić information content (AvgIpc) is 2.21. The highest BCUT2D eigenvalue weighted by atomic mass is 79.9. The van der Waals surface area contributed by atoms with E-state index in [0.29, 0.717) is 0 Å². The Hall–Kier alpha value is -0.830. The summed E-state index contributed by atoms with van der Waals surface area (Å²) < 4.78 is 0. The summed E-state index contributed by atoms with van der Waals surface area (Å²) in [6, 6.07) is 5.79. The monoisotopic (exact) mass is 283 g/mol. The molecule has 0 radical (unpaired) electrons. The SMILES string of the molecule is Cc1cccc(C(=O)NC(C)(C)CBr)c1C. The van der Waals surface area contributed by atoms with Crippen LogP contribution in [0.5, 0.6) is 0 Å². The molecule has 0 aliphatic rings. The molecule has 2 nitrogen and oxygen atoms in total. The lowest BCUT2D eigenvalue weighted by Gasteiger charge is -2.24. The Kier molecular flexibility index (Phi) is 4.14. The molecule has 0 heterocycles. The second-order valence-electron chi connectivity index (χ2n) is 4.72. The molecular weight excluding hydrogens is 266 g/mol. The van der Waals surface area contributed by atoms with Gasteiger partial charge in [0, 0.05) is 16.4 Å². The standard InChI is InChI=1S/C13H18BrNO/c1-9-6-5-7-11(10(9)2)12(16)15-13(3,4)8-14/h5-7H,8H2,1-4H3,(H,15,16). The number of alkyl halides is 1. The van der Waals surface area contributed by atoms with Crippen molar-refractivity contribution in [2.75, 3.05) is 5.33 Å². The van der Waals surface area contributed by atoms with E-state index in [1.54, 1.807) is 0 Å². The van der Waals surface area contributed by atoms with E-state index in [-0.39, 0.29) is 11.4 Å². The fourth-order valence-corrected chi connectivity index (χ4v) is 1.55. The number of aryl methyl sites for hydroxylation is 1. The molecule has 0 spiro atoms. The van der Waals surface area contributed by atoms with Gasteiger partial charge in [-0.05, 0) is 44.9 Å². The van der Waals surface area contributed by atoms with Crippen LogP contribution in [0.2, 0.25) is 0 Å². The first-order valence-corrected chi connectivity index (χ1v) is 6.44. The van der Waals surface area contributed by atoms with Gasteiger partial charge < -0.3 is 5.32 Å². The number of halogens is 1. The van der Waals surface area contributed by atoms with Crippen molar-refractivity contribution in [2.45, 2.75) is 33.2 Å². The van der Waals surface area contributed by atoms with Gasteiger partial charge in [0.25, 0.3) is 5.91 Å². The molecule has 0 fully saturated rings. The fraction of sp³-hybridized carbons (Fsp3) is 0.462. The number of hydrogen-bond acceptors (Lipinski definition) is 1. The molecule has 0 aliphatic heterocycles. The van der Waals surface area contributed by atoms with Gasteiger partial charge in [-0.15, -0.1) is 0 Å². The van der Waals surface area contributed by atoms with E-state index in [0.717, 1.165) is 22.0 Å². The van der Waals surface area contributed by atoms with Crippen LogP contribution in [0.25, 0.3) is 0 Å². The van der Waals surface area contributed by atoms with Crippen LogP contribution in [0.3, 0.4) is 0 Å². The molecule has 3 heteroatoms. The van der Waals surface area contributed by atoms with Gasteiger partial charge in [0.05, 0.1) is 0 Å². The van der Waals surface area contributed by atoms with Crippen LogP contribution in [0.15, 0.2) is 18.2 Å². The van der Waals surface area contributed by atoms with Crippen molar-refractivity contribution in [3.63, 3.8) is 0 Å². The second-order valence-corrected chi connectivity index (χ2v) is 5.28. The minimum absolute atomic E-state index is 0.00866. The van der Waals surface area contributed by atoms with E-state index in [1.807, 2.05) is 45.9 Å². The van der Waals surface area contributed by atoms with Crippen LogP contribution in [0, 0.1) is 13.8 Å². The number of hydrogen-bond donors (Lipinski definition) is 1. The number of rotatable bonds is 3. The van der Waals surface area contributed by atoms with Crippen LogP contribution < -0.4 is 5.32 Å². The van der Waals surface area contributed by atoms with E-state index in [9.17, 15) is 4.79 Å². The zero-order valence-electron chi connectivity index (χ0n) is 10.2. The lowest BCUT2D eigenvalue weighted by Crippen LogP contribution is -2.45. The third-order valence-corrected chi connectivity index (χ3v) is 4.04. The molecule has 0 bridgehead atoms. The zero-order valence-corrected chi connectivity index (χ0v) is 11.8. The first kappa shape index (κ1) is 13.2. The van der Waals surface area contributed by atoms with Gasteiger partial charge in [0.2, 0.25) is 0 Å². The predicted octanol–water partition coefficient (Wildman–Crippen LogP) is 3.21. The Morgan fingerprint density at radius 2 is 2.00 bits per heavy atom. The van der Waals surface area contributed by atoms with Crippen molar-refractivity contribution in [1.82, 2.24) is 5.32 Å². The van der Waals surface area contributed by atoms with Crippen LogP contribution in [-0.4, -0.2) is 16.8 Å². The molecule has 0 unspecified atom stereocenters. The van der Waals surface area contributed by atoms with Crippen molar-refractivity contribution >= 4 is 21.8 Å². The Bertz CT molecular complexity index is 399. The van der Waals surface area contributed by atoms with Crippen molar-refractivity contribution in [3.05, 3.63) is 34.9 Å². The Morgan fingerprint density at radius 3 is 2.56 bits per heavy atom. The smallest absolute Gasteiger partial charge is 0.251 e. The number of carbonyl (C=O) groups is 1. The molecule has 1 N–H and O–H groups in total. The number of nitrogens with one attached hydrogen (secondary N) is 1. The highest BCUT2D eigenvalue weighted by Gasteiger charge is 2.20. The van der Waals surface area contributed by atoms with E-state index < -0.39 is 0 Å². The van der Waals surface area contributed by atoms with Crippen LogP contribution in [0.1, 0.15) is 35.3 Å². The number of carbonyl (C=O) groups excluding carboxylic acids is 1.